The van der Waals surface area contributed by atoms with Crippen LogP contribution in [0.1, 0.15) is 10.4 Å². The normalized spacial score (nSPS) is 11.2. The van der Waals surface area contributed by atoms with Crippen LogP contribution in [0.25, 0.3) is 0 Å². The first-order valence-electron chi connectivity index (χ1n) is 10.9. The number of carbonyl (C=O) groups is 2. The van der Waals surface area contributed by atoms with Gasteiger partial charge in [0, 0.05) is 5.56 Å². The van der Waals surface area contributed by atoms with Crippen LogP contribution in [0.3, 0.4) is 0 Å². The summed E-state index contributed by atoms with van der Waals surface area (Å²) in [6.45, 7) is 0. The molecule has 0 heterocycles. The van der Waals surface area contributed by atoms with E-state index >= 15 is 0 Å². The molecule has 4 nitrogen and oxygen atoms in total. The summed E-state index contributed by atoms with van der Waals surface area (Å²) >= 11 is 0. The Bertz CT molecular complexity index is 1180. The second-order valence-electron chi connectivity index (χ2n) is 7.58. The average molecular weight is 502 g/mol. The van der Waals surface area contributed by atoms with E-state index < -0.39 is 13.2 Å². The first-order valence-corrected chi connectivity index (χ1v) is 12.7. The summed E-state index contributed by atoms with van der Waals surface area (Å²) in [4.78, 5) is 26.0. The van der Waals surface area contributed by atoms with Gasteiger partial charge in [-0.2, -0.15) is 0 Å². The molecule has 0 aliphatic rings. The maximum atomic E-state index is 13.0. The Balaban J connectivity index is 0.00000342. The minimum absolute atomic E-state index is 0. The van der Waals surface area contributed by atoms with E-state index in [0.717, 1.165) is 15.9 Å². The highest BCUT2D eigenvalue weighted by molar-refractivity contribution is 7.98. The van der Waals surface area contributed by atoms with E-state index in [2.05, 4.69) is 41.7 Å². The molecule has 4 aromatic carbocycles. The van der Waals surface area contributed by atoms with Gasteiger partial charge in [0.1, 0.15) is 29.0 Å². The first kappa shape index (κ1) is 25.9. The first-order chi connectivity index (χ1) is 16.6. The molecule has 0 unspecified atom stereocenters. The second-order valence-corrected chi connectivity index (χ2v) is 10.8. The molecule has 1 amide bonds. The largest absolute Gasteiger partial charge is 1.00 e. The molecule has 0 fully saturated rings. The summed E-state index contributed by atoms with van der Waals surface area (Å²) in [5.41, 5.74) is 0.571. The molecule has 1 N–H and O–H groups in total. The van der Waals surface area contributed by atoms with Gasteiger partial charge in [-0.1, -0.05) is 72.8 Å². The highest BCUT2D eigenvalue weighted by atomic mass is 35.5. The van der Waals surface area contributed by atoms with Crippen molar-refractivity contribution in [3.05, 3.63) is 138 Å². The Morgan fingerprint density at radius 1 is 0.657 bits per heavy atom. The van der Waals surface area contributed by atoms with Crippen LogP contribution >= 0.6 is 7.26 Å². The topological polar surface area (TPSA) is 55.4 Å². The summed E-state index contributed by atoms with van der Waals surface area (Å²) in [6, 6.07) is 39.1. The summed E-state index contributed by atoms with van der Waals surface area (Å²) in [5.74, 6) is 0.931. The Kier molecular flexibility index (Phi) is 8.97. The molecule has 0 bridgehead atoms. The zero-order valence-corrected chi connectivity index (χ0v) is 20.8. The lowest BCUT2D eigenvalue weighted by Gasteiger charge is -2.25. The quantitative estimate of drug-likeness (QED) is 0.237. The van der Waals surface area contributed by atoms with Crippen LogP contribution in [0.15, 0.2) is 133 Å². The molecule has 35 heavy (non-hydrogen) atoms. The number of rotatable bonds is 7. The van der Waals surface area contributed by atoms with Crippen molar-refractivity contribution in [3.63, 3.8) is 0 Å². The Labute approximate surface area is 212 Å². The van der Waals surface area contributed by atoms with Crippen molar-refractivity contribution in [1.82, 2.24) is 5.32 Å². The van der Waals surface area contributed by atoms with Gasteiger partial charge in [0.05, 0.1) is 7.11 Å². The zero-order chi connectivity index (χ0) is 23.8. The van der Waals surface area contributed by atoms with E-state index in [-0.39, 0.29) is 24.0 Å². The van der Waals surface area contributed by atoms with Crippen LogP contribution in [0.2, 0.25) is 0 Å². The van der Waals surface area contributed by atoms with Gasteiger partial charge in [0.25, 0.3) is 5.91 Å². The van der Waals surface area contributed by atoms with Crippen LogP contribution in [0.4, 0.5) is 0 Å². The molecule has 0 spiro atoms. The Hall–Kier alpha value is -3.72. The average Bonchev–Trinajstić information content (AvgIpc) is 2.92. The van der Waals surface area contributed by atoms with Gasteiger partial charge in [-0.3, -0.25) is 4.79 Å². The second kappa shape index (κ2) is 12.1. The molecule has 0 aliphatic heterocycles. The van der Waals surface area contributed by atoms with Crippen LogP contribution in [-0.2, 0) is 9.53 Å². The zero-order valence-electron chi connectivity index (χ0n) is 19.2. The molecule has 4 aromatic rings. The van der Waals surface area contributed by atoms with Crippen molar-refractivity contribution < 1.29 is 26.7 Å². The third-order valence-electron chi connectivity index (χ3n) is 5.50. The van der Waals surface area contributed by atoms with E-state index in [1.165, 1.54) is 7.11 Å². The molecular weight excluding hydrogens is 477 g/mol. The fourth-order valence-corrected chi connectivity index (χ4v) is 7.71. The number of amides is 1. The number of halogens is 1. The van der Waals surface area contributed by atoms with Gasteiger partial charge in [-0.15, -0.1) is 0 Å². The lowest BCUT2D eigenvalue weighted by Crippen LogP contribution is -3.00. The predicted octanol–water partition coefficient (Wildman–Crippen LogP) is 1.43. The molecule has 0 saturated heterocycles. The van der Waals surface area contributed by atoms with Crippen LogP contribution < -0.4 is 33.6 Å². The number of ether oxygens (including phenoxy) is 1. The van der Waals surface area contributed by atoms with E-state index in [4.69, 9.17) is 4.74 Å². The number of esters is 1. The number of carbonyl (C=O) groups excluding carboxylic acids is 2. The van der Waals surface area contributed by atoms with Crippen molar-refractivity contribution in [2.24, 2.45) is 0 Å². The van der Waals surface area contributed by atoms with Crippen molar-refractivity contribution in [2.75, 3.05) is 7.11 Å². The molecule has 0 aromatic heterocycles. The fraction of sp³-hybridized carbons (Fsp3) is 0.0345. The van der Waals surface area contributed by atoms with Crippen molar-refractivity contribution in [2.45, 2.75) is 0 Å². The highest BCUT2D eigenvalue weighted by Crippen LogP contribution is 2.57. The van der Waals surface area contributed by atoms with Gasteiger partial charge < -0.3 is 22.5 Å². The van der Waals surface area contributed by atoms with Gasteiger partial charge in [-0.25, -0.2) is 4.79 Å². The number of nitrogens with one attached hydrogen (secondary N) is 1. The summed E-state index contributed by atoms with van der Waals surface area (Å²) in [7, 11) is -1.18. The van der Waals surface area contributed by atoms with E-state index in [0.29, 0.717) is 5.56 Å². The highest BCUT2D eigenvalue weighted by Gasteiger charge is 2.45. The lowest BCUT2D eigenvalue weighted by atomic mass is 10.2. The Morgan fingerprint density at radius 3 is 1.40 bits per heavy atom. The van der Waals surface area contributed by atoms with Crippen molar-refractivity contribution >= 4 is 35.1 Å². The summed E-state index contributed by atoms with van der Waals surface area (Å²) < 4.78 is 5.10. The minimum atomic E-state index is -2.50. The van der Waals surface area contributed by atoms with Gasteiger partial charge in [0.15, 0.2) is 5.70 Å². The van der Waals surface area contributed by atoms with Crippen molar-refractivity contribution in [1.29, 1.82) is 0 Å². The Morgan fingerprint density at radius 2 is 1.03 bits per heavy atom. The molecule has 0 aliphatic carbocycles. The van der Waals surface area contributed by atoms with E-state index in [1.807, 2.05) is 66.5 Å². The predicted molar refractivity (Wildman–Crippen MR) is 139 cm³/mol. The van der Waals surface area contributed by atoms with Gasteiger partial charge in [-0.05, 0) is 48.5 Å². The number of benzene rings is 4. The van der Waals surface area contributed by atoms with Gasteiger partial charge in [0.2, 0.25) is 0 Å². The van der Waals surface area contributed by atoms with Crippen LogP contribution in [0, 0.1) is 0 Å². The van der Waals surface area contributed by atoms with E-state index in [1.54, 1.807) is 24.3 Å². The number of methoxy groups -OCH3 is 1. The van der Waals surface area contributed by atoms with Gasteiger partial charge >= 0.3 is 5.97 Å². The molecule has 0 atom stereocenters. The smallest absolute Gasteiger partial charge is 0.358 e. The molecule has 0 radical (unpaired) electrons. The fourth-order valence-electron chi connectivity index (χ4n) is 3.88. The maximum Gasteiger partial charge on any atom is 0.358 e. The number of hydrogen-bond donors (Lipinski definition) is 1. The van der Waals surface area contributed by atoms with E-state index in [9.17, 15) is 9.59 Å². The third kappa shape index (κ3) is 5.68. The summed E-state index contributed by atoms with van der Waals surface area (Å²) in [6.07, 6.45) is 0. The minimum Gasteiger partial charge on any atom is -1.00 e. The molecule has 6 heteroatoms. The standard InChI is InChI=1S/C29H24NO3P.ClH/c1-33-29(32)27(30-28(31)23-14-6-2-7-15-23)22-34(24-16-8-3-9-17-24,25-18-10-4-11-19-25)26-20-12-5-13-21-26;/h2-22H,1H3;1H. The molecule has 0 saturated carbocycles. The van der Waals surface area contributed by atoms with Crippen LogP contribution in [-0.4, -0.2) is 19.0 Å². The lowest BCUT2D eigenvalue weighted by molar-refractivity contribution is -0.136. The van der Waals surface area contributed by atoms with Crippen molar-refractivity contribution in [3.8, 4) is 0 Å². The molecule has 4 rings (SSSR count). The van der Waals surface area contributed by atoms with Crippen LogP contribution in [0.5, 0.6) is 0 Å². The number of hydrogen-bond acceptors (Lipinski definition) is 3. The molecule has 176 valence electrons. The SMILES string of the molecule is COC(=O)C(=C[P+](c1ccccc1)(c1ccccc1)c1ccccc1)NC(=O)c1ccccc1.[Cl-]. The third-order valence-corrected chi connectivity index (χ3v) is 9.49. The molecular formula is C29H25ClNO3P. The maximum absolute atomic E-state index is 13.0. The summed E-state index contributed by atoms with van der Waals surface area (Å²) in [5, 5.41) is 6.00. The monoisotopic (exact) mass is 501 g/mol.